The lowest BCUT2D eigenvalue weighted by atomic mass is 10.2. The fraction of sp³-hybridized carbons (Fsp3) is 0.353. The van der Waals surface area contributed by atoms with E-state index in [0.717, 1.165) is 31.6 Å². The number of aromatic nitrogens is 2. The van der Waals surface area contributed by atoms with Crippen LogP contribution in [0.25, 0.3) is 22.1 Å². The molecule has 0 aliphatic carbocycles. The Morgan fingerprint density at radius 2 is 2.08 bits per heavy atom. The second-order valence-corrected chi connectivity index (χ2v) is 6.22. The number of quaternary nitrogens is 1. The molecular formula is C17H19N4O3+. The van der Waals surface area contributed by atoms with Crippen molar-refractivity contribution in [1.82, 2.24) is 14.9 Å². The predicted octanol–water partition coefficient (Wildman–Crippen LogP) is -0.0837. The van der Waals surface area contributed by atoms with E-state index in [2.05, 4.69) is 9.97 Å². The monoisotopic (exact) mass is 327 g/mol. The summed E-state index contributed by atoms with van der Waals surface area (Å²) < 4.78 is 5.61. The van der Waals surface area contributed by atoms with Crippen molar-refractivity contribution < 1.29 is 14.1 Å². The molecule has 1 aliphatic heterocycles. The number of aromatic amines is 1. The number of nitrogens with one attached hydrogen (secondary N) is 2. The van der Waals surface area contributed by atoms with Crippen molar-refractivity contribution in [2.45, 2.75) is 13.5 Å². The first-order valence-electron chi connectivity index (χ1n) is 8.11. The molecule has 0 atom stereocenters. The molecule has 24 heavy (non-hydrogen) atoms. The molecule has 1 saturated heterocycles. The van der Waals surface area contributed by atoms with E-state index in [9.17, 15) is 9.59 Å². The van der Waals surface area contributed by atoms with Crippen LogP contribution in [0.15, 0.2) is 33.5 Å². The van der Waals surface area contributed by atoms with Gasteiger partial charge in [-0.05, 0) is 12.1 Å². The van der Waals surface area contributed by atoms with Gasteiger partial charge >= 0.3 is 0 Å². The summed E-state index contributed by atoms with van der Waals surface area (Å²) in [4.78, 5) is 34.3. The third-order valence-electron chi connectivity index (χ3n) is 4.61. The largest absolute Gasteiger partial charge is 0.449 e. The molecule has 124 valence electrons. The molecule has 1 fully saturated rings. The molecule has 3 aromatic rings. The van der Waals surface area contributed by atoms with Crippen molar-refractivity contribution in [3.05, 3.63) is 40.4 Å². The Bertz CT molecular complexity index is 967. The van der Waals surface area contributed by atoms with Gasteiger partial charge in [0.1, 0.15) is 17.6 Å². The van der Waals surface area contributed by atoms with Crippen molar-refractivity contribution in [2.24, 2.45) is 0 Å². The van der Waals surface area contributed by atoms with Crippen LogP contribution in [-0.4, -0.2) is 47.0 Å². The summed E-state index contributed by atoms with van der Waals surface area (Å²) in [5.41, 5.74) is 1.32. The fourth-order valence-electron chi connectivity index (χ4n) is 3.28. The lowest BCUT2D eigenvalue weighted by Gasteiger charge is -2.31. The molecule has 0 unspecified atom stereocenters. The van der Waals surface area contributed by atoms with Gasteiger partial charge in [0.15, 0.2) is 5.82 Å². The summed E-state index contributed by atoms with van der Waals surface area (Å²) in [6.45, 7) is 5.43. The molecule has 1 aliphatic rings. The van der Waals surface area contributed by atoms with Crippen molar-refractivity contribution in [3.63, 3.8) is 0 Å². The first-order valence-corrected chi connectivity index (χ1v) is 8.11. The van der Waals surface area contributed by atoms with Gasteiger partial charge in [-0.3, -0.25) is 9.59 Å². The molecule has 1 aromatic carbocycles. The summed E-state index contributed by atoms with van der Waals surface area (Å²) in [5, 5.41) is 0.858. The maximum Gasteiger partial charge on any atom is 0.294 e. The smallest absolute Gasteiger partial charge is 0.294 e. The topological polar surface area (TPSA) is 83.6 Å². The minimum absolute atomic E-state index is 0.117. The van der Waals surface area contributed by atoms with Crippen molar-refractivity contribution in [3.8, 4) is 0 Å². The Kier molecular flexibility index (Phi) is 3.57. The average Bonchev–Trinajstić information content (AvgIpc) is 2.95. The lowest BCUT2D eigenvalue weighted by Crippen LogP contribution is -3.13. The summed E-state index contributed by atoms with van der Waals surface area (Å²) in [7, 11) is 0. The van der Waals surface area contributed by atoms with Gasteiger partial charge in [0.25, 0.3) is 5.56 Å². The average molecular weight is 327 g/mol. The number of benzene rings is 1. The van der Waals surface area contributed by atoms with Crippen molar-refractivity contribution in [2.75, 3.05) is 26.2 Å². The highest BCUT2D eigenvalue weighted by atomic mass is 16.3. The summed E-state index contributed by atoms with van der Waals surface area (Å²) in [6, 6.07) is 7.53. The summed E-state index contributed by atoms with van der Waals surface area (Å²) in [5.74, 6) is 0.775. The van der Waals surface area contributed by atoms with Gasteiger partial charge in [-0.15, -0.1) is 0 Å². The predicted molar refractivity (Wildman–Crippen MR) is 88.8 cm³/mol. The van der Waals surface area contributed by atoms with Gasteiger partial charge in [0, 0.05) is 12.3 Å². The maximum atomic E-state index is 12.3. The van der Waals surface area contributed by atoms with E-state index in [1.165, 1.54) is 4.90 Å². The fourth-order valence-corrected chi connectivity index (χ4v) is 3.28. The number of amides is 1. The van der Waals surface area contributed by atoms with Gasteiger partial charge in [0.05, 0.1) is 26.2 Å². The van der Waals surface area contributed by atoms with E-state index < -0.39 is 0 Å². The molecule has 3 heterocycles. The minimum Gasteiger partial charge on any atom is -0.449 e. The molecular weight excluding hydrogens is 308 g/mol. The van der Waals surface area contributed by atoms with Crippen LogP contribution in [-0.2, 0) is 11.3 Å². The molecule has 4 rings (SSSR count). The van der Waals surface area contributed by atoms with E-state index in [0.29, 0.717) is 23.5 Å². The van der Waals surface area contributed by atoms with E-state index in [1.807, 2.05) is 29.2 Å². The highest BCUT2D eigenvalue weighted by Crippen LogP contribution is 2.24. The number of rotatable bonds is 2. The van der Waals surface area contributed by atoms with Crippen LogP contribution >= 0.6 is 0 Å². The molecule has 0 saturated carbocycles. The van der Waals surface area contributed by atoms with Gasteiger partial charge in [-0.2, -0.15) is 0 Å². The summed E-state index contributed by atoms with van der Waals surface area (Å²) >= 11 is 0. The Hall–Kier alpha value is -2.67. The SMILES string of the molecule is CC(=O)N1CC[NH+](Cc2nc3c(oc4ccccc43)c(=O)[nH]2)CC1. The minimum atomic E-state index is -0.243. The van der Waals surface area contributed by atoms with E-state index in [-0.39, 0.29) is 17.0 Å². The van der Waals surface area contributed by atoms with Crippen LogP contribution in [0.5, 0.6) is 0 Å². The first kappa shape index (κ1) is 14.9. The number of H-pyrrole nitrogens is 1. The van der Waals surface area contributed by atoms with Crippen LogP contribution in [0.3, 0.4) is 0 Å². The zero-order valence-corrected chi connectivity index (χ0v) is 13.5. The van der Waals surface area contributed by atoms with Gasteiger partial charge < -0.3 is 19.2 Å². The first-order chi connectivity index (χ1) is 11.6. The molecule has 0 spiro atoms. The number of fused-ring (bicyclic) bond motifs is 3. The number of hydrogen-bond donors (Lipinski definition) is 2. The standard InChI is InChI=1S/C17H18N4O3/c1-11(22)21-8-6-20(7-9-21)10-14-18-15-12-4-2-3-5-13(12)24-16(15)17(23)19-14/h2-5H,6-10H2,1H3,(H,18,19,23)/p+1. The Morgan fingerprint density at radius 1 is 1.33 bits per heavy atom. The zero-order chi connectivity index (χ0) is 16.7. The van der Waals surface area contributed by atoms with Crippen molar-refractivity contribution in [1.29, 1.82) is 0 Å². The summed E-state index contributed by atoms with van der Waals surface area (Å²) in [6.07, 6.45) is 0. The normalized spacial score (nSPS) is 16.1. The molecule has 0 bridgehead atoms. The second kappa shape index (κ2) is 5.76. The molecule has 2 N–H and O–H groups in total. The van der Waals surface area contributed by atoms with Crippen LogP contribution in [0.1, 0.15) is 12.7 Å². The highest BCUT2D eigenvalue weighted by molar-refractivity contribution is 6.01. The van der Waals surface area contributed by atoms with E-state index in [4.69, 9.17) is 4.42 Å². The number of para-hydroxylation sites is 1. The Morgan fingerprint density at radius 3 is 2.83 bits per heavy atom. The number of hydrogen-bond acceptors (Lipinski definition) is 4. The van der Waals surface area contributed by atoms with Crippen LogP contribution < -0.4 is 10.5 Å². The third kappa shape index (κ3) is 2.56. The molecule has 2 aromatic heterocycles. The van der Waals surface area contributed by atoms with Crippen LogP contribution in [0, 0.1) is 0 Å². The number of carbonyl (C=O) groups is 1. The number of furan rings is 1. The van der Waals surface area contributed by atoms with Crippen LogP contribution in [0.4, 0.5) is 0 Å². The number of piperazine rings is 1. The quantitative estimate of drug-likeness (QED) is 0.689. The third-order valence-corrected chi connectivity index (χ3v) is 4.61. The second-order valence-electron chi connectivity index (χ2n) is 6.22. The Balaban J connectivity index is 1.62. The van der Waals surface area contributed by atoms with Crippen LogP contribution in [0.2, 0.25) is 0 Å². The number of carbonyl (C=O) groups excluding carboxylic acids is 1. The maximum absolute atomic E-state index is 12.3. The highest BCUT2D eigenvalue weighted by Gasteiger charge is 2.23. The molecule has 1 amide bonds. The Labute approximate surface area is 137 Å². The zero-order valence-electron chi connectivity index (χ0n) is 13.5. The van der Waals surface area contributed by atoms with Crippen molar-refractivity contribution >= 4 is 28.0 Å². The number of nitrogens with zero attached hydrogens (tertiary/aromatic N) is 2. The van der Waals surface area contributed by atoms with Gasteiger partial charge in [-0.1, -0.05) is 12.1 Å². The van der Waals surface area contributed by atoms with E-state index >= 15 is 0 Å². The molecule has 7 nitrogen and oxygen atoms in total. The van der Waals surface area contributed by atoms with E-state index in [1.54, 1.807) is 6.92 Å². The lowest BCUT2D eigenvalue weighted by molar-refractivity contribution is -0.918. The molecule has 7 heteroatoms. The van der Waals surface area contributed by atoms with Gasteiger partial charge in [0.2, 0.25) is 11.5 Å². The molecule has 0 radical (unpaired) electrons. The van der Waals surface area contributed by atoms with Gasteiger partial charge in [-0.25, -0.2) is 4.98 Å².